The van der Waals surface area contributed by atoms with Crippen molar-refractivity contribution in [3.05, 3.63) is 47.0 Å². The highest BCUT2D eigenvalue weighted by Crippen LogP contribution is 2.10. The molecule has 0 aliphatic heterocycles. The number of rotatable bonds is 3. The highest BCUT2D eigenvalue weighted by Gasteiger charge is 2.12. The molecule has 17 heavy (non-hydrogen) atoms. The van der Waals surface area contributed by atoms with Crippen molar-refractivity contribution < 1.29 is 4.79 Å². The monoisotopic (exact) mass is 250 g/mol. The molecule has 0 atom stereocenters. The first-order valence-corrected chi connectivity index (χ1v) is 5.39. The fraction of sp³-hybridized carbons (Fsp3) is 0.182. The van der Waals surface area contributed by atoms with Crippen molar-refractivity contribution in [2.24, 2.45) is 0 Å². The molecule has 0 unspecified atom stereocenters. The van der Waals surface area contributed by atoms with E-state index in [9.17, 15) is 4.79 Å². The Kier molecular flexibility index (Phi) is 3.39. The van der Waals surface area contributed by atoms with Crippen LogP contribution in [-0.4, -0.2) is 33.0 Å². The van der Waals surface area contributed by atoms with Gasteiger partial charge in [-0.1, -0.05) is 11.6 Å². The van der Waals surface area contributed by atoms with Gasteiger partial charge in [0.05, 0.1) is 6.20 Å². The molecule has 0 aliphatic rings. The van der Waals surface area contributed by atoms with Crippen LogP contribution >= 0.6 is 11.6 Å². The fourth-order valence-corrected chi connectivity index (χ4v) is 1.64. The second-order valence-electron chi connectivity index (χ2n) is 3.64. The van der Waals surface area contributed by atoms with Crippen molar-refractivity contribution in [2.45, 2.75) is 6.54 Å². The Morgan fingerprint density at radius 1 is 1.59 bits per heavy atom. The number of halogens is 1. The first-order valence-electron chi connectivity index (χ1n) is 5.01. The van der Waals surface area contributed by atoms with Gasteiger partial charge < -0.3 is 4.90 Å². The van der Waals surface area contributed by atoms with Crippen molar-refractivity contribution in [3.63, 3.8) is 0 Å². The number of amides is 1. The van der Waals surface area contributed by atoms with Gasteiger partial charge in [-0.15, -0.1) is 0 Å². The van der Waals surface area contributed by atoms with E-state index in [0.717, 1.165) is 5.56 Å². The third-order valence-electron chi connectivity index (χ3n) is 2.29. The Hall–Kier alpha value is -1.88. The van der Waals surface area contributed by atoms with Crippen LogP contribution in [0.1, 0.15) is 15.9 Å². The van der Waals surface area contributed by atoms with Crippen LogP contribution < -0.4 is 0 Å². The smallest absolute Gasteiger partial charge is 0.254 e. The molecule has 2 heterocycles. The average Bonchev–Trinajstić information content (AvgIpc) is 2.80. The van der Waals surface area contributed by atoms with Crippen molar-refractivity contribution >= 4 is 17.5 Å². The lowest BCUT2D eigenvalue weighted by Gasteiger charge is -2.16. The summed E-state index contributed by atoms with van der Waals surface area (Å²) in [6, 6.07) is 3.19. The molecule has 0 radical (unpaired) electrons. The lowest BCUT2D eigenvalue weighted by Crippen LogP contribution is -2.26. The van der Waals surface area contributed by atoms with Crippen molar-refractivity contribution in [3.8, 4) is 0 Å². The van der Waals surface area contributed by atoms with E-state index in [4.69, 9.17) is 11.6 Å². The van der Waals surface area contributed by atoms with Crippen LogP contribution in [0.3, 0.4) is 0 Å². The van der Waals surface area contributed by atoms with E-state index in [2.05, 4.69) is 15.2 Å². The molecule has 0 aromatic carbocycles. The molecule has 1 amide bonds. The number of nitrogens with zero attached hydrogens (tertiary/aromatic N) is 3. The number of aromatic nitrogens is 3. The Balaban J connectivity index is 2.09. The van der Waals surface area contributed by atoms with E-state index in [1.165, 1.54) is 6.20 Å². The predicted molar refractivity (Wildman–Crippen MR) is 63.6 cm³/mol. The molecule has 1 N–H and O–H groups in total. The maximum atomic E-state index is 12.0. The van der Waals surface area contributed by atoms with Crippen LogP contribution in [0.2, 0.25) is 5.15 Å². The standard InChI is InChI=1S/C11H11ClN4O/c1-16(7-8-5-14-15-6-8)11(17)9-2-3-13-10(12)4-9/h2-6H,7H2,1H3,(H,14,15). The predicted octanol–water partition coefficient (Wildman–Crippen LogP) is 1.73. The van der Waals surface area contributed by atoms with E-state index in [-0.39, 0.29) is 5.91 Å². The minimum absolute atomic E-state index is 0.101. The van der Waals surface area contributed by atoms with Gasteiger partial charge in [-0.2, -0.15) is 5.10 Å². The Labute approximate surface area is 103 Å². The zero-order valence-corrected chi connectivity index (χ0v) is 9.98. The van der Waals surface area contributed by atoms with Gasteiger partial charge in [0.1, 0.15) is 5.15 Å². The summed E-state index contributed by atoms with van der Waals surface area (Å²) in [6.07, 6.45) is 4.95. The van der Waals surface area contributed by atoms with Crippen LogP contribution in [0, 0.1) is 0 Å². The molecule has 2 aromatic rings. The molecule has 88 valence electrons. The number of H-pyrrole nitrogens is 1. The minimum Gasteiger partial charge on any atom is -0.337 e. The van der Waals surface area contributed by atoms with Gasteiger partial charge in [-0.05, 0) is 12.1 Å². The van der Waals surface area contributed by atoms with Crippen molar-refractivity contribution in [1.82, 2.24) is 20.1 Å². The van der Waals surface area contributed by atoms with Gasteiger partial charge in [-0.25, -0.2) is 4.98 Å². The highest BCUT2D eigenvalue weighted by atomic mass is 35.5. The second-order valence-corrected chi connectivity index (χ2v) is 4.02. The molecule has 2 aromatic heterocycles. The van der Waals surface area contributed by atoms with Gasteiger partial charge in [0.25, 0.3) is 5.91 Å². The molecule has 0 saturated heterocycles. The third-order valence-corrected chi connectivity index (χ3v) is 2.50. The van der Waals surface area contributed by atoms with Crippen LogP contribution in [0.25, 0.3) is 0 Å². The average molecular weight is 251 g/mol. The van der Waals surface area contributed by atoms with E-state index in [1.54, 1.807) is 36.5 Å². The summed E-state index contributed by atoms with van der Waals surface area (Å²) in [5, 5.41) is 6.84. The fourth-order valence-electron chi connectivity index (χ4n) is 1.47. The number of hydrogen-bond acceptors (Lipinski definition) is 3. The van der Waals surface area contributed by atoms with E-state index < -0.39 is 0 Å². The normalized spacial score (nSPS) is 10.2. The molecule has 0 saturated carbocycles. The number of pyridine rings is 1. The highest BCUT2D eigenvalue weighted by molar-refractivity contribution is 6.29. The maximum Gasteiger partial charge on any atom is 0.254 e. The summed E-state index contributed by atoms with van der Waals surface area (Å²) in [7, 11) is 1.73. The summed E-state index contributed by atoms with van der Waals surface area (Å²) in [4.78, 5) is 17.5. The molecule has 0 spiro atoms. The van der Waals surface area contributed by atoms with Crippen LogP contribution in [-0.2, 0) is 6.54 Å². The lowest BCUT2D eigenvalue weighted by molar-refractivity contribution is 0.0785. The largest absolute Gasteiger partial charge is 0.337 e. The zero-order valence-electron chi connectivity index (χ0n) is 9.22. The summed E-state index contributed by atoms with van der Waals surface area (Å²) in [5.41, 5.74) is 1.47. The number of aromatic amines is 1. The summed E-state index contributed by atoms with van der Waals surface area (Å²) in [5.74, 6) is -0.101. The minimum atomic E-state index is -0.101. The number of hydrogen-bond donors (Lipinski definition) is 1. The molecular formula is C11H11ClN4O. The summed E-state index contributed by atoms with van der Waals surface area (Å²) in [6.45, 7) is 0.495. The SMILES string of the molecule is CN(Cc1cn[nH]c1)C(=O)c1ccnc(Cl)c1. The summed E-state index contributed by atoms with van der Waals surface area (Å²) >= 11 is 5.74. The number of carbonyl (C=O) groups is 1. The lowest BCUT2D eigenvalue weighted by atomic mass is 10.2. The Morgan fingerprint density at radius 2 is 2.41 bits per heavy atom. The van der Waals surface area contributed by atoms with Gasteiger partial charge in [0.15, 0.2) is 0 Å². The molecule has 6 heteroatoms. The molecule has 5 nitrogen and oxygen atoms in total. The quantitative estimate of drug-likeness (QED) is 0.844. The molecule has 0 bridgehead atoms. The zero-order chi connectivity index (χ0) is 12.3. The number of nitrogens with one attached hydrogen (secondary N) is 1. The van der Waals surface area contributed by atoms with Gasteiger partial charge in [0, 0.05) is 37.1 Å². The molecular weight excluding hydrogens is 240 g/mol. The first kappa shape index (κ1) is 11.6. The molecule has 0 aliphatic carbocycles. The third kappa shape index (κ3) is 2.82. The van der Waals surface area contributed by atoms with Gasteiger partial charge in [-0.3, -0.25) is 9.89 Å². The van der Waals surface area contributed by atoms with Gasteiger partial charge >= 0.3 is 0 Å². The molecule has 0 fully saturated rings. The van der Waals surface area contributed by atoms with E-state index in [1.807, 2.05) is 0 Å². The Morgan fingerprint density at radius 3 is 3.06 bits per heavy atom. The molecule has 2 rings (SSSR count). The van der Waals surface area contributed by atoms with E-state index in [0.29, 0.717) is 17.3 Å². The maximum absolute atomic E-state index is 12.0. The van der Waals surface area contributed by atoms with Crippen LogP contribution in [0.4, 0.5) is 0 Å². The summed E-state index contributed by atoms with van der Waals surface area (Å²) < 4.78 is 0. The van der Waals surface area contributed by atoms with Crippen molar-refractivity contribution in [2.75, 3.05) is 7.05 Å². The topological polar surface area (TPSA) is 61.9 Å². The second kappa shape index (κ2) is 4.97. The van der Waals surface area contributed by atoms with Crippen LogP contribution in [0.5, 0.6) is 0 Å². The first-order chi connectivity index (χ1) is 8.16. The Bertz CT molecular complexity index is 512. The van der Waals surface area contributed by atoms with Gasteiger partial charge in [0.2, 0.25) is 0 Å². The number of carbonyl (C=O) groups excluding carboxylic acids is 1. The van der Waals surface area contributed by atoms with Crippen molar-refractivity contribution in [1.29, 1.82) is 0 Å². The van der Waals surface area contributed by atoms with Crippen LogP contribution in [0.15, 0.2) is 30.7 Å². The van der Waals surface area contributed by atoms with E-state index >= 15 is 0 Å².